The third-order valence-electron chi connectivity index (χ3n) is 3.04. The summed E-state index contributed by atoms with van der Waals surface area (Å²) in [4.78, 5) is -0.301. The van der Waals surface area contributed by atoms with Gasteiger partial charge in [0.25, 0.3) is 0 Å². The highest BCUT2D eigenvalue weighted by Gasteiger charge is 2.18. The number of benzene rings is 2. The third-order valence-corrected chi connectivity index (χ3v) is 4.48. The molecular weight excluding hydrogens is 385 g/mol. The summed E-state index contributed by atoms with van der Waals surface area (Å²) < 4.78 is 32.0. The van der Waals surface area contributed by atoms with E-state index in [9.17, 15) is 8.78 Å². The fraction of sp³-hybridized carbons (Fsp3) is 0.200. The molecule has 1 nitrogen and oxygen atoms in total. The maximum absolute atomic E-state index is 13.7. The molecule has 0 saturated carbocycles. The van der Waals surface area contributed by atoms with Gasteiger partial charge in [-0.15, -0.1) is 0 Å². The smallest absolute Gasteiger partial charge is 0.162 e. The predicted molar refractivity (Wildman–Crippen MR) is 84.7 cm³/mol. The average molecular weight is 396 g/mol. The van der Waals surface area contributed by atoms with E-state index < -0.39 is 11.6 Å². The molecule has 1 atom stereocenters. The maximum atomic E-state index is 13.7. The Morgan fingerprint density at radius 1 is 1.19 bits per heavy atom. The molecule has 0 spiro atoms. The van der Waals surface area contributed by atoms with Gasteiger partial charge in [0.15, 0.2) is 11.6 Å². The van der Waals surface area contributed by atoms with Crippen LogP contribution in [0.1, 0.15) is 16.0 Å². The normalized spacial score (nSPS) is 12.3. The van der Waals surface area contributed by atoms with E-state index in [-0.39, 0.29) is 16.8 Å². The quantitative estimate of drug-likeness (QED) is 0.580. The summed E-state index contributed by atoms with van der Waals surface area (Å²) in [6.45, 7) is 0. The molecule has 0 N–H and O–H groups in total. The molecule has 21 heavy (non-hydrogen) atoms. The van der Waals surface area contributed by atoms with Crippen LogP contribution in [0.25, 0.3) is 0 Å². The van der Waals surface area contributed by atoms with Gasteiger partial charge in [0.05, 0.1) is 12.1 Å². The van der Waals surface area contributed by atoms with Crippen molar-refractivity contribution in [2.45, 2.75) is 11.2 Å². The van der Waals surface area contributed by atoms with Crippen molar-refractivity contribution in [2.75, 3.05) is 7.11 Å². The molecule has 0 saturated heterocycles. The summed E-state index contributed by atoms with van der Waals surface area (Å²) in [5.41, 5.74) is 0.950. The lowest BCUT2D eigenvalue weighted by molar-refractivity contribution is 0.415. The van der Waals surface area contributed by atoms with Gasteiger partial charge in [-0.25, -0.2) is 8.78 Å². The maximum Gasteiger partial charge on any atom is 0.162 e. The highest BCUT2D eigenvalue weighted by atomic mass is 79.9. The molecule has 112 valence electrons. The molecule has 1 unspecified atom stereocenters. The van der Waals surface area contributed by atoms with Gasteiger partial charge < -0.3 is 4.74 Å². The number of halogens is 5. The van der Waals surface area contributed by atoms with Crippen LogP contribution in [0.2, 0.25) is 10.0 Å². The van der Waals surface area contributed by atoms with Crippen LogP contribution in [0.5, 0.6) is 5.75 Å². The summed E-state index contributed by atoms with van der Waals surface area (Å²) in [7, 11) is 1.49. The van der Waals surface area contributed by atoms with Crippen molar-refractivity contribution in [1.82, 2.24) is 0 Å². The lowest BCUT2D eigenvalue weighted by Crippen LogP contribution is -2.01. The molecule has 0 bridgehead atoms. The molecule has 0 fully saturated rings. The van der Waals surface area contributed by atoms with Crippen molar-refractivity contribution in [3.05, 3.63) is 63.1 Å². The second-order valence-electron chi connectivity index (χ2n) is 4.39. The topological polar surface area (TPSA) is 9.23 Å². The van der Waals surface area contributed by atoms with Crippen LogP contribution in [0.4, 0.5) is 8.78 Å². The Hall–Kier alpha value is -0.840. The first kappa shape index (κ1) is 16.5. The highest BCUT2D eigenvalue weighted by molar-refractivity contribution is 9.09. The number of methoxy groups -OCH3 is 1. The first-order chi connectivity index (χ1) is 9.93. The minimum Gasteiger partial charge on any atom is -0.495 e. The van der Waals surface area contributed by atoms with Crippen molar-refractivity contribution in [3.8, 4) is 5.75 Å². The predicted octanol–water partition coefficient (Wildman–Crippen LogP) is 5.96. The van der Waals surface area contributed by atoms with Crippen LogP contribution in [0.3, 0.4) is 0 Å². The minimum atomic E-state index is -0.869. The fourth-order valence-electron chi connectivity index (χ4n) is 1.95. The molecule has 0 radical (unpaired) electrons. The van der Waals surface area contributed by atoms with E-state index in [1.807, 2.05) is 0 Å². The summed E-state index contributed by atoms with van der Waals surface area (Å²) >= 11 is 15.7. The Morgan fingerprint density at radius 3 is 2.57 bits per heavy atom. The Balaban J connectivity index is 2.30. The van der Waals surface area contributed by atoms with E-state index in [0.717, 1.165) is 6.07 Å². The van der Waals surface area contributed by atoms with E-state index >= 15 is 0 Å². The van der Waals surface area contributed by atoms with Crippen molar-refractivity contribution in [3.63, 3.8) is 0 Å². The molecule has 0 amide bonds. The van der Waals surface area contributed by atoms with Gasteiger partial charge in [-0.2, -0.15) is 0 Å². The van der Waals surface area contributed by atoms with Gasteiger partial charge in [0, 0.05) is 15.9 Å². The summed E-state index contributed by atoms with van der Waals surface area (Å²) in [5.74, 6) is -1.26. The van der Waals surface area contributed by atoms with Crippen molar-refractivity contribution < 1.29 is 13.5 Å². The Labute approximate surface area is 140 Å². The van der Waals surface area contributed by atoms with Gasteiger partial charge in [-0.1, -0.05) is 51.3 Å². The highest BCUT2D eigenvalue weighted by Crippen LogP contribution is 2.38. The van der Waals surface area contributed by atoms with E-state index in [0.29, 0.717) is 21.4 Å². The second kappa shape index (κ2) is 6.95. The molecule has 2 rings (SSSR count). The molecule has 0 aromatic heterocycles. The number of hydrogen-bond acceptors (Lipinski definition) is 1. The molecule has 0 aliphatic rings. The van der Waals surface area contributed by atoms with Gasteiger partial charge in [0.2, 0.25) is 0 Å². The molecule has 0 aliphatic heterocycles. The molecule has 2 aromatic rings. The van der Waals surface area contributed by atoms with E-state index in [4.69, 9.17) is 27.9 Å². The molecule has 6 heteroatoms. The zero-order valence-corrected chi connectivity index (χ0v) is 14.1. The standard InChI is InChI=1S/C15H11BrCl2F2O/c1-21-14-7-11(17)9(6-12(14)18)10(16)5-8-3-2-4-13(19)15(8)20/h2-4,6-7,10H,5H2,1H3. The van der Waals surface area contributed by atoms with Crippen LogP contribution < -0.4 is 4.74 Å². The number of hydrogen-bond donors (Lipinski definition) is 0. The second-order valence-corrected chi connectivity index (χ2v) is 6.31. The van der Waals surface area contributed by atoms with Gasteiger partial charge in [0.1, 0.15) is 5.75 Å². The zero-order chi connectivity index (χ0) is 15.6. The Bertz CT molecular complexity index is 664. The average Bonchev–Trinajstić information content (AvgIpc) is 2.45. The first-order valence-corrected chi connectivity index (χ1v) is 7.71. The summed E-state index contributed by atoms with van der Waals surface area (Å²) in [5, 5.41) is 0.844. The van der Waals surface area contributed by atoms with Crippen LogP contribution in [-0.2, 0) is 6.42 Å². The summed E-state index contributed by atoms with van der Waals surface area (Å²) in [6.07, 6.45) is 0.242. The van der Waals surface area contributed by atoms with Crippen LogP contribution >= 0.6 is 39.1 Å². The van der Waals surface area contributed by atoms with Gasteiger partial charge in [-0.05, 0) is 29.7 Å². The fourth-order valence-corrected chi connectivity index (χ4v) is 3.34. The number of ether oxygens (including phenoxy) is 1. The van der Waals surface area contributed by atoms with Crippen molar-refractivity contribution in [1.29, 1.82) is 0 Å². The van der Waals surface area contributed by atoms with E-state index in [1.54, 1.807) is 12.1 Å². The molecule has 0 heterocycles. The lowest BCUT2D eigenvalue weighted by atomic mass is 10.0. The molecular formula is C15H11BrCl2F2O. The zero-order valence-electron chi connectivity index (χ0n) is 11.0. The summed E-state index contributed by atoms with van der Waals surface area (Å²) in [6, 6.07) is 7.33. The monoisotopic (exact) mass is 394 g/mol. The number of alkyl halides is 1. The Morgan fingerprint density at radius 2 is 1.90 bits per heavy atom. The van der Waals surface area contributed by atoms with Crippen molar-refractivity contribution in [2.24, 2.45) is 0 Å². The SMILES string of the molecule is COc1cc(Cl)c(C(Br)Cc2cccc(F)c2F)cc1Cl. The van der Waals surface area contributed by atoms with Gasteiger partial charge >= 0.3 is 0 Å². The minimum absolute atomic E-state index is 0.242. The Kier molecular flexibility index (Phi) is 5.47. The van der Waals surface area contributed by atoms with Crippen LogP contribution in [0.15, 0.2) is 30.3 Å². The lowest BCUT2D eigenvalue weighted by Gasteiger charge is -2.15. The van der Waals surface area contributed by atoms with Crippen LogP contribution in [-0.4, -0.2) is 7.11 Å². The van der Waals surface area contributed by atoms with Crippen molar-refractivity contribution >= 4 is 39.1 Å². The first-order valence-electron chi connectivity index (χ1n) is 6.04. The molecule has 2 aromatic carbocycles. The third kappa shape index (κ3) is 3.68. The van der Waals surface area contributed by atoms with Gasteiger partial charge in [-0.3, -0.25) is 0 Å². The molecule has 0 aliphatic carbocycles. The van der Waals surface area contributed by atoms with E-state index in [2.05, 4.69) is 15.9 Å². The van der Waals surface area contributed by atoms with Crippen LogP contribution in [0, 0.1) is 11.6 Å². The largest absolute Gasteiger partial charge is 0.495 e. The van der Waals surface area contributed by atoms with E-state index in [1.165, 1.54) is 19.2 Å². The number of rotatable bonds is 4.